The zero-order valence-corrected chi connectivity index (χ0v) is 17.7. The molecule has 0 aliphatic carbocycles. The Kier molecular flexibility index (Phi) is 6.52. The number of ketones is 1. The third-order valence-corrected chi connectivity index (χ3v) is 6.33. The van der Waals surface area contributed by atoms with Crippen LogP contribution in [0.3, 0.4) is 0 Å². The van der Waals surface area contributed by atoms with Crippen molar-refractivity contribution in [2.75, 3.05) is 0 Å². The fourth-order valence-electron chi connectivity index (χ4n) is 3.13. The molecule has 0 amide bonds. The number of carbonyl (C=O) groups excluding carboxylic acids is 1. The van der Waals surface area contributed by atoms with Gasteiger partial charge in [0.2, 0.25) is 10.0 Å². The molecule has 0 aliphatic rings. The summed E-state index contributed by atoms with van der Waals surface area (Å²) in [5, 5.41) is 0.418. The molecule has 6 heteroatoms. The molecule has 0 radical (unpaired) electrons. The van der Waals surface area contributed by atoms with E-state index in [1.807, 2.05) is 19.9 Å². The fraction of sp³-hybridized carbons (Fsp3) is 0.174. The van der Waals surface area contributed by atoms with Crippen molar-refractivity contribution in [2.45, 2.75) is 24.8 Å². The quantitative estimate of drug-likeness (QED) is 0.524. The van der Waals surface area contributed by atoms with Crippen molar-refractivity contribution >= 4 is 27.4 Å². The van der Waals surface area contributed by atoms with E-state index in [1.54, 1.807) is 60.7 Å². The van der Waals surface area contributed by atoms with Gasteiger partial charge < -0.3 is 0 Å². The molecule has 150 valence electrons. The molecule has 3 aromatic rings. The number of rotatable bonds is 7. The van der Waals surface area contributed by atoms with E-state index in [0.717, 1.165) is 0 Å². The van der Waals surface area contributed by atoms with Crippen molar-refractivity contribution in [2.24, 2.45) is 5.92 Å². The SMILES string of the molecule is CC(C)C(NS(=O)(=O)c1ccccc1)c1ccc(Cl)cc1C(=O)c1ccccc1. The number of hydrogen-bond donors (Lipinski definition) is 1. The first-order valence-corrected chi connectivity index (χ1v) is 11.1. The predicted molar refractivity (Wildman–Crippen MR) is 116 cm³/mol. The van der Waals surface area contributed by atoms with E-state index in [-0.39, 0.29) is 16.6 Å². The maximum Gasteiger partial charge on any atom is 0.241 e. The molecule has 3 rings (SSSR count). The Balaban J connectivity index is 2.06. The number of halogens is 1. The fourth-order valence-corrected chi connectivity index (χ4v) is 4.69. The minimum absolute atomic E-state index is 0.100. The van der Waals surface area contributed by atoms with E-state index in [4.69, 9.17) is 11.6 Å². The summed E-state index contributed by atoms with van der Waals surface area (Å²) >= 11 is 6.17. The molecule has 0 aromatic heterocycles. The third-order valence-electron chi connectivity index (χ3n) is 4.63. The average molecular weight is 428 g/mol. The van der Waals surface area contributed by atoms with Gasteiger partial charge in [0.25, 0.3) is 0 Å². The van der Waals surface area contributed by atoms with Crippen LogP contribution in [0.5, 0.6) is 0 Å². The summed E-state index contributed by atoms with van der Waals surface area (Å²) in [5.41, 5.74) is 1.50. The minimum Gasteiger partial charge on any atom is -0.289 e. The van der Waals surface area contributed by atoms with Gasteiger partial charge in [0.05, 0.1) is 4.90 Å². The number of sulfonamides is 1. The summed E-state index contributed by atoms with van der Waals surface area (Å²) in [4.78, 5) is 13.3. The van der Waals surface area contributed by atoms with E-state index in [1.165, 1.54) is 12.1 Å². The predicted octanol–water partition coefficient (Wildman–Crippen LogP) is 5.25. The van der Waals surface area contributed by atoms with Crippen molar-refractivity contribution in [3.63, 3.8) is 0 Å². The number of nitrogens with one attached hydrogen (secondary N) is 1. The Morgan fingerprint density at radius 3 is 2.07 bits per heavy atom. The molecule has 1 unspecified atom stereocenters. The Morgan fingerprint density at radius 2 is 1.48 bits per heavy atom. The number of hydrogen-bond acceptors (Lipinski definition) is 3. The first-order valence-electron chi connectivity index (χ1n) is 9.26. The van der Waals surface area contributed by atoms with Crippen LogP contribution in [0.1, 0.15) is 41.4 Å². The van der Waals surface area contributed by atoms with E-state index in [9.17, 15) is 13.2 Å². The minimum atomic E-state index is -3.76. The molecule has 1 N–H and O–H groups in total. The van der Waals surface area contributed by atoms with Gasteiger partial charge in [-0.05, 0) is 35.7 Å². The lowest BCUT2D eigenvalue weighted by atomic mass is 9.89. The second kappa shape index (κ2) is 8.91. The summed E-state index contributed by atoms with van der Waals surface area (Å²) in [6.45, 7) is 3.81. The molecule has 0 heterocycles. The maximum atomic E-state index is 13.1. The normalized spacial score (nSPS) is 12.7. The molecule has 0 spiro atoms. The molecular weight excluding hydrogens is 406 g/mol. The van der Waals surface area contributed by atoms with Crippen molar-refractivity contribution in [1.82, 2.24) is 4.72 Å². The lowest BCUT2D eigenvalue weighted by Gasteiger charge is -2.25. The van der Waals surface area contributed by atoms with Gasteiger partial charge in [-0.15, -0.1) is 0 Å². The second-order valence-electron chi connectivity index (χ2n) is 7.08. The van der Waals surface area contributed by atoms with Crippen molar-refractivity contribution in [3.8, 4) is 0 Å². The lowest BCUT2D eigenvalue weighted by Crippen LogP contribution is -2.33. The Morgan fingerprint density at radius 1 is 0.897 bits per heavy atom. The molecule has 0 fully saturated rings. The summed E-state index contributed by atoms with van der Waals surface area (Å²) in [7, 11) is -3.76. The average Bonchev–Trinajstić information content (AvgIpc) is 2.73. The molecule has 0 bridgehead atoms. The van der Waals surface area contributed by atoms with Gasteiger partial charge in [0.1, 0.15) is 0 Å². The van der Waals surface area contributed by atoms with Crippen LogP contribution in [0, 0.1) is 5.92 Å². The van der Waals surface area contributed by atoms with Crippen molar-refractivity contribution in [1.29, 1.82) is 0 Å². The summed E-state index contributed by atoms with van der Waals surface area (Å²) in [6.07, 6.45) is 0. The Hall–Kier alpha value is -2.47. The monoisotopic (exact) mass is 427 g/mol. The van der Waals surface area contributed by atoms with Crippen LogP contribution in [-0.4, -0.2) is 14.2 Å². The van der Waals surface area contributed by atoms with Gasteiger partial charge in [-0.2, -0.15) is 0 Å². The molecule has 3 aromatic carbocycles. The summed E-state index contributed by atoms with van der Waals surface area (Å²) in [5.74, 6) is -0.301. The van der Waals surface area contributed by atoms with Gasteiger partial charge in [0, 0.05) is 22.2 Å². The van der Waals surface area contributed by atoms with Crippen LogP contribution in [-0.2, 0) is 10.0 Å². The zero-order valence-electron chi connectivity index (χ0n) is 16.2. The molecule has 1 atom stereocenters. The van der Waals surface area contributed by atoms with Gasteiger partial charge >= 0.3 is 0 Å². The summed E-state index contributed by atoms with van der Waals surface area (Å²) in [6, 6.07) is 21.4. The topological polar surface area (TPSA) is 63.2 Å². The van der Waals surface area contributed by atoms with Crippen molar-refractivity contribution in [3.05, 3.63) is 101 Å². The first-order chi connectivity index (χ1) is 13.8. The van der Waals surface area contributed by atoms with Crippen LogP contribution < -0.4 is 4.72 Å². The molecule has 4 nitrogen and oxygen atoms in total. The van der Waals surface area contributed by atoms with Gasteiger partial charge in [-0.25, -0.2) is 13.1 Å². The standard InChI is InChI=1S/C23H22ClNO3S/c1-16(2)22(25-29(27,28)19-11-7-4-8-12-19)20-14-13-18(24)15-21(20)23(26)17-9-5-3-6-10-17/h3-16,22,25H,1-2H3. The lowest BCUT2D eigenvalue weighted by molar-refractivity contribution is 0.103. The number of benzene rings is 3. The number of carbonyl (C=O) groups is 1. The van der Waals surface area contributed by atoms with Crippen LogP contribution in [0.15, 0.2) is 83.8 Å². The Labute approximate surface area is 176 Å². The maximum absolute atomic E-state index is 13.1. The smallest absolute Gasteiger partial charge is 0.241 e. The van der Waals surface area contributed by atoms with E-state index >= 15 is 0 Å². The Bertz CT molecular complexity index is 1100. The van der Waals surface area contributed by atoms with Gasteiger partial charge in [-0.1, -0.05) is 80.0 Å². The van der Waals surface area contributed by atoms with E-state index in [0.29, 0.717) is 21.7 Å². The largest absolute Gasteiger partial charge is 0.289 e. The van der Waals surface area contributed by atoms with Crippen LogP contribution >= 0.6 is 11.6 Å². The van der Waals surface area contributed by atoms with Gasteiger partial charge in [-0.3, -0.25) is 4.79 Å². The second-order valence-corrected chi connectivity index (χ2v) is 9.23. The van der Waals surface area contributed by atoms with Crippen molar-refractivity contribution < 1.29 is 13.2 Å². The highest BCUT2D eigenvalue weighted by atomic mass is 35.5. The highest BCUT2D eigenvalue weighted by Crippen LogP contribution is 2.30. The highest BCUT2D eigenvalue weighted by molar-refractivity contribution is 7.89. The molecule has 29 heavy (non-hydrogen) atoms. The molecule has 0 saturated carbocycles. The van der Waals surface area contributed by atoms with Crippen LogP contribution in [0.25, 0.3) is 0 Å². The molecular formula is C23H22ClNO3S. The first kappa shape index (κ1) is 21.2. The highest BCUT2D eigenvalue weighted by Gasteiger charge is 2.28. The molecule has 0 saturated heterocycles. The van der Waals surface area contributed by atoms with E-state index in [2.05, 4.69) is 4.72 Å². The van der Waals surface area contributed by atoms with E-state index < -0.39 is 16.1 Å². The van der Waals surface area contributed by atoms with Crippen LogP contribution in [0.2, 0.25) is 5.02 Å². The molecule has 0 aliphatic heterocycles. The summed E-state index contributed by atoms with van der Waals surface area (Å²) < 4.78 is 28.6. The zero-order chi connectivity index (χ0) is 21.0. The third kappa shape index (κ3) is 4.93. The van der Waals surface area contributed by atoms with Gasteiger partial charge in [0.15, 0.2) is 5.78 Å². The van der Waals surface area contributed by atoms with Crippen LogP contribution in [0.4, 0.5) is 0 Å².